The lowest BCUT2D eigenvalue weighted by atomic mass is 10.2. The summed E-state index contributed by atoms with van der Waals surface area (Å²) in [6.45, 7) is 3.98. The molecule has 1 aromatic heterocycles. The van der Waals surface area contributed by atoms with E-state index in [0.717, 1.165) is 18.8 Å². The summed E-state index contributed by atoms with van der Waals surface area (Å²) in [5.74, 6) is 1.75. The molecule has 0 radical (unpaired) electrons. The molecule has 1 saturated heterocycles. The van der Waals surface area contributed by atoms with Gasteiger partial charge in [0.15, 0.2) is 5.84 Å². The Morgan fingerprint density at radius 2 is 2.50 bits per heavy atom. The van der Waals surface area contributed by atoms with E-state index in [-0.39, 0.29) is 5.84 Å². The lowest BCUT2D eigenvalue weighted by Crippen LogP contribution is -2.37. The van der Waals surface area contributed by atoms with E-state index in [0.29, 0.717) is 21.7 Å². The molecule has 5 nitrogen and oxygen atoms in total. The van der Waals surface area contributed by atoms with Crippen molar-refractivity contribution in [1.29, 1.82) is 0 Å². The first-order valence-corrected chi connectivity index (χ1v) is 7.05. The van der Waals surface area contributed by atoms with E-state index in [1.54, 1.807) is 12.3 Å². The molecule has 3 N–H and O–H groups in total. The van der Waals surface area contributed by atoms with Crippen LogP contribution in [0.2, 0.25) is 5.02 Å². The number of hydrogen-bond acceptors (Lipinski definition) is 5. The van der Waals surface area contributed by atoms with Crippen LogP contribution in [0.1, 0.15) is 12.5 Å². The molecule has 1 unspecified atom stereocenters. The van der Waals surface area contributed by atoms with Gasteiger partial charge in [-0.3, -0.25) is 0 Å². The molecule has 0 aromatic carbocycles. The van der Waals surface area contributed by atoms with E-state index in [4.69, 9.17) is 22.5 Å². The Balaban J connectivity index is 2.33. The normalized spacial score (nSPS) is 21.1. The molecule has 0 bridgehead atoms. The Hall–Kier alpha value is -1.14. The molecule has 98 valence electrons. The summed E-state index contributed by atoms with van der Waals surface area (Å²) >= 11 is 8.22. The number of thioether (sulfide) groups is 1. The van der Waals surface area contributed by atoms with Crippen molar-refractivity contribution in [2.75, 3.05) is 23.7 Å². The summed E-state index contributed by atoms with van der Waals surface area (Å²) in [4.78, 5) is 6.44. The van der Waals surface area contributed by atoms with Crippen LogP contribution in [-0.2, 0) is 0 Å². The maximum absolute atomic E-state index is 8.72. The SMILES string of the molecule is CC1CN(c2nccc(/C(N)=N/O)c2Cl)CCS1. The Bertz CT molecular complexity index is 468. The molecule has 18 heavy (non-hydrogen) atoms. The fourth-order valence-corrected chi connectivity index (χ4v) is 3.26. The number of aromatic nitrogens is 1. The Kier molecular flexibility index (Phi) is 4.19. The number of amidine groups is 1. The minimum Gasteiger partial charge on any atom is -0.409 e. The van der Waals surface area contributed by atoms with Crippen LogP contribution >= 0.6 is 23.4 Å². The van der Waals surface area contributed by atoms with E-state index in [1.807, 2.05) is 11.8 Å². The monoisotopic (exact) mass is 286 g/mol. The van der Waals surface area contributed by atoms with Gasteiger partial charge in [0.25, 0.3) is 0 Å². The molecule has 1 aliphatic rings. The van der Waals surface area contributed by atoms with Gasteiger partial charge in [-0.25, -0.2) is 4.98 Å². The molecule has 1 aliphatic heterocycles. The Morgan fingerprint density at radius 3 is 3.17 bits per heavy atom. The lowest BCUT2D eigenvalue weighted by molar-refractivity contribution is 0.318. The van der Waals surface area contributed by atoms with Crippen molar-refractivity contribution in [3.8, 4) is 0 Å². The van der Waals surface area contributed by atoms with Crippen molar-refractivity contribution in [3.63, 3.8) is 0 Å². The third-order valence-electron chi connectivity index (χ3n) is 2.80. The van der Waals surface area contributed by atoms with Gasteiger partial charge in [-0.05, 0) is 6.07 Å². The van der Waals surface area contributed by atoms with Crippen LogP contribution in [0.5, 0.6) is 0 Å². The van der Waals surface area contributed by atoms with Crippen LogP contribution in [-0.4, -0.2) is 40.1 Å². The van der Waals surface area contributed by atoms with E-state index < -0.39 is 0 Å². The molecule has 0 aliphatic carbocycles. The van der Waals surface area contributed by atoms with E-state index in [2.05, 4.69) is 22.0 Å². The van der Waals surface area contributed by atoms with E-state index >= 15 is 0 Å². The van der Waals surface area contributed by atoms with Gasteiger partial charge < -0.3 is 15.8 Å². The number of hydrogen-bond donors (Lipinski definition) is 2. The van der Waals surface area contributed by atoms with Crippen LogP contribution in [0.15, 0.2) is 17.4 Å². The van der Waals surface area contributed by atoms with E-state index in [9.17, 15) is 0 Å². The third kappa shape index (κ3) is 2.64. The molecular weight excluding hydrogens is 272 g/mol. The largest absolute Gasteiger partial charge is 0.409 e. The second kappa shape index (κ2) is 5.67. The highest BCUT2D eigenvalue weighted by molar-refractivity contribution is 8.00. The standard InChI is InChI=1S/C11H15ClN4OS/c1-7-6-16(4-5-18-7)11-9(12)8(2-3-14-11)10(13)15-17/h2-3,7,17H,4-6H2,1H3,(H2,13,15). The molecule has 2 rings (SSSR count). The summed E-state index contributed by atoms with van der Waals surface area (Å²) < 4.78 is 0. The summed E-state index contributed by atoms with van der Waals surface area (Å²) in [6, 6.07) is 1.64. The minimum atomic E-state index is 0.00285. The Morgan fingerprint density at radius 1 is 1.72 bits per heavy atom. The smallest absolute Gasteiger partial charge is 0.171 e. The van der Waals surface area contributed by atoms with Gasteiger partial charge in [-0.1, -0.05) is 23.7 Å². The van der Waals surface area contributed by atoms with Gasteiger partial charge in [-0.2, -0.15) is 11.8 Å². The highest BCUT2D eigenvalue weighted by atomic mass is 35.5. The van der Waals surface area contributed by atoms with Crippen molar-refractivity contribution in [2.45, 2.75) is 12.2 Å². The van der Waals surface area contributed by atoms with Gasteiger partial charge in [0, 0.05) is 35.9 Å². The average molecular weight is 287 g/mol. The number of nitrogens with two attached hydrogens (primary N) is 1. The quantitative estimate of drug-likeness (QED) is 0.375. The Labute approximate surface area is 115 Å². The lowest BCUT2D eigenvalue weighted by Gasteiger charge is -2.32. The average Bonchev–Trinajstić information content (AvgIpc) is 2.38. The minimum absolute atomic E-state index is 0.00285. The fraction of sp³-hybridized carbons (Fsp3) is 0.455. The van der Waals surface area contributed by atoms with Crippen LogP contribution in [0, 0.1) is 0 Å². The number of rotatable bonds is 2. The molecule has 1 fully saturated rings. The van der Waals surface area contributed by atoms with Crippen LogP contribution in [0.4, 0.5) is 5.82 Å². The number of halogens is 1. The first-order chi connectivity index (χ1) is 8.63. The zero-order valence-electron chi connectivity index (χ0n) is 10.0. The van der Waals surface area contributed by atoms with Crippen molar-refractivity contribution >= 4 is 35.0 Å². The van der Waals surface area contributed by atoms with Gasteiger partial charge in [0.2, 0.25) is 0 Å². The molecule has 1 aromatic rings. The second-order valence-electron chi connectivity index (χ2n) is 4.11. The van der Waals surface area contributed by atoms with Gasteiger partial charge in [-0.15, -0.1) is 0 Å². The first kappa shape index (κ1) is 13.3. The van der Waals surface area contributed by atoms with Crippen molar-refractivity contribution in [2.24, 2.45) is 10.9 Å². The fourth-order valence-electron chi connectivity index (χ4n) is 1.92. The summed E-state index contributed by atoms with van der Waals surface area (Å²) in [7, 11) is 0. The zero-order valence-corrected chi connectivity index (χ0v) is 11.6. The predicted molar refractivity (Wildman–Crippen MR) is 75.9 cm³/mol. The van der Waals surface area contributed by atoms with Crippen molar-refractivity contribution in [3.05, 3.63) is 22.8 Å². The van der Waals surface area contributed by atoms with Crippen LogP contribution < -0.4 is 10.6 Å². The topological polar surface area (TPSA) is 74.7 Å². The molecule has 7 heteroatoms. The second-order valence-corrected chi connectivity index (χ2v) is 6.03. The highest BCUT2D eigenvalue weighted by Crippen LogP contribution is 2.30. The summed E-state index contributed by atoms with van der Waals surface area (Å²) in [5, 5.41) is 12.7. The molecule has 0 saturated carbocycles. The van der Waals surface area contributed by atoms with Gasteiger partial charge >= 0.3 is 0 Å². The number of oxime groups is 1. The van der Waals surface area contributed by atoms with Crippen molar-refractivity contribution < 1.29 is 5.21 Å². The van der Waals surface area contributed by atoms with Gasteiger partial charge in [0.1, 0.15) is 5.82 Å². The maximum atomic E-state index is 8.72. The van der Waals surface area contributed by atoms with Crippen molar-refractivity contribution in [1.82, 2.24) is 4.98 Å². The summed E-state index contributed by atoms with van der Waals surface area (Å²) in [5.41, 5.74) is 6.10. The maximum Gasteiger partial charge on any atom is 0.171 e. The predicted octanol–water partition coefficient (Wildman–Crippen LogP) is 1.77. The highest BCUT2D eigenvalue weighted by Gasteiger charge is 2.21. The molecule has 0 amide bonds. The molecule has 0 spiro atoms. The third-order valence-corrected chi connectivity index (χ3v) is 4.30. The number of nitrogens with zero attached hydrogens (tertiary/aromatic N) is 3. The van der Waals surface area contributed by atoms with Gasteiger partial charge in [0.05, 0.1) is 5.02 Å². The molecule has 1 atom stereocenters. The zero-order chi connectivity index (χ0) is 13.1. The summed E-state index contributed by atoms with van der Waals surface area (Å²) in [6.07, 6.45) is 1.63. The molecule has 2 heterocycles. The van der Waals surface area contributed by atoms with E-state index in [1.165, 1.54) is 0 Å². The number of anilines is 1. The first-order valence-electron chi connectivity index (χ1n) is 5.62. The van der Waals surface area contributed by atoms with Crippen LogP contribution in [0.3, 0.4) is 0 Å². The number of pyridine rings is 1. The van der Waals surface area contributed by atoms with Crippen LogP contribution in [0.25, 0.3) is 0 Å². The molecular formula is C11H15ClN4OS.